The van der Waals surface area contributed by atoms with Crippen molar-refractivity contribution in [1.29, 1.82) is 0 Å². The van der Waals surface area contributed by atoms with E-state index in [2.05, 4.69) is 15.9 Å². The van der Waals surface area contributed by atoms with Crippen molar-refractivity contribution in [1.82, 2.24) is 0 Å². The normalized spacial score (nSPS) is 30.1. The van der Waals surface area contributed by atoms with E-state index in [1.54, 1.807) is 24.3 Å². The maximum Gasteiger partial charge on any atom is 0.297 e. The first kappa shape index (κ1) is 14.5. The van der Waals surface area contributed by atoms with E-state index in [-0.39, 0.29) is 17.1 Å². The van der Waals surface area contributed by atoms with E-state index in [0.29, 0.717) is 6.10 Å². The van der Waals surface area contributed by atoms with Crippen molar-refractivity contribution in [3.05, 3.63) is 28.7 Å². The van der Waals surface area contributed by atoms with Crippen LogP contribution in [0.5, 0.6) is 0 Å². The molecule has 3 atom stereocenters. The quantitative estimate of drug-likeness (QED) is 0.776. The van der Waals surface area contributed by atoms with E-state index in [4.69, 9.17) is 8.92 Å². The molecule has 0 spiro atoms. The van der Waals surface area contributed by atoms with Gasteiger partial charge < -0.3 is 4.74 Å². The second kappa shape index (κ2) is 5.75. The molecule has 2 bridgehead atoms. The van der Waals surface area contributed by atoms with Gasteiger partial charge in [0.25, 0.3) is 10.1 Å². The monoisotopic (exact) mass is 360 g/mol. The molecule has 0 N–H and O–H groups in total. The molecule has 4 nitrogen and oxygen atoms in total. The molecule has 0 saturated carbocycles. The first-order valence-electron chi connectivity index (χ1n) is 6.89. The minimum Gasteiger partial charge on any atom is -0.372 e. The summed E-state index contributed by atoms with van der Waals surface area (Å²) in [6, 6.07) is 6.50. The molecule has 0 unspecified atom stereocenters. The SMILES string of the molecule is O=S(=O)(O[C@H]1CCC[C@@H]2CC[C@H]1O2)c1ccc(Br)cc1. The van der Waals surface area contributed by atoms with E-state index in [1.807, 2.05) is 0 Å². The molecule has 1 aromatic rings. The predicted octanol–water partition coefficient (Wildman–Crippen LogP) is 3.25. The Hall–Kier alpha value is -0.430. The van der Waals surface area contributed by atoms with E-state index in [9.17, 15) is 8.42 Å². The number of benzene rings is 1. The minimum absolute atomic E-state index is 0.0762. The first-order chi connectivity index (χ1) is 9.54. The van der Waals surface area contributed by atoms with Crippen LogP contribution in [0.1, 0.15) is 32.1 Å². The zero-order valence-electron chi connectivity index (χ0n) is 11.0. The molecule has 1 aromatic carbocycles. The third kappa shape index (κ3) is 3.08. The van der Waals surface area contributed by atoms with Gasteiger partial charge in [0.05, 0.1) is 17.1 Å². The third-order valence-corrected chi connectivity index (χ3v) is 5.80. The van der Waals surface area contributed by atoms with Crippen LogP contribution in [0.3, 0.4) is 0 Å². The average Bonchev–Trinajstić information content (AvgIpc) is 2.77. The number of fused-ring (bicyclic) bond motifs is 2. The van der Waals surface area contributed by atoms with Crippen molar-refractivity contribution >= 4 is 26.0 Å². The van der Waals surface area contributed by atoms with Crippen molar-refractivity contribution in [2.75, 3.05) is 0 Å². The number of hydrogen-bond donors (Lipinski definition) is 0. The van der Waals surface area contributed by atoms with Gasteiger partial charge in [0, 0.05) is 4.47 Å². The van der Waals surface area contributed by atoms with Crippen molar-refractivity contribution in [2.24, 2.45) is 0 Å². The lowest BCUT2D eigenvalue weighted by molar-refractivity contribution is -0.00783. The summed E-state index contributed by atoms with van der Waals surface area (Å²) in [5, 5.41) is 0. The van der Waals surface area contributed by atoms with Gasteiger partial charge >= 0.3 is 0 Å². The summed E-state index contributed by atoms with van der Waals surface area (Å²) in [5.41, 5.74) is 0. The molecule has 2 fully saturated rings. The summed E-state index contributed by atoms with van der Waals surface area (Å²) < 4.78 is 36.7. The summed E-state index contributed by atoms with van der Waals surface area (Å²) in [6.45, 7) is 0. The van der Waals surface area contributed by atoms with Crippen molar-refractivity contribution in [2.45, 2.75) is 55.3 Å². The second-order valence-corrected chi connectivity index (χ2v) is 7.84. The van der Waals surface area contributed by atoms with E-state index < -0.39 is 10.1 Å². The van der Waals surface area contributed by atoms with Gasteiger partial charge in [-0.15, -0.1) is 0 Å². The van der Waals surface area contributed by atoms with Gasteiger partial charge in [-0.25, -0.2) is 0 Å². The number of ether oxygens (including phenoxy) is 1. The molecule has 0 amide bonds. The highest BCUT2D eigenvalue weighted by Crippen LogP contribution is 2.34. The molecule has 0 aromatic heterocycles. The highest BCUT2D eigenvalue weighted by atomic mass is 79.9. The fraction of sp³-hybridized carbons (Fsp3) is 0.571. The lowest BCUT2D eigenvalue weighted by Crippen LogP contribution is -2.30. The molecule has 110 valence electrons. The van der Waals surface area contributed by atoms with Gasteiger partial charge in [-0.05, 0) is 56.4 Å². The number of halogens is 1. The Morgan fingerprint density at radius 1 is 1.10 bits per heavy atom. The highest BCUT2D eigenvalue weighted by Gasteiger charge is 2.37. The topological polar surface area (TPSA) is 52.6 Å². The van der Waals surface area contributed by atoms with E-state index in [1.165, 1.54) is 0 Å². The molecule has 0 radical (unpaired) electrons. The zero-order valence-corrected chi connectivity index (χ0v) is 13.4. The molecule has 2 aliphatic heterocycles. The van der Waals surface area contributed by atoms with Gasteiger partial charge in [0.2, 0.25) is 0 Å². The third-order valence-electron chi connectivity index (χ3n) is 3.92. The molecular formula is C14H17BrO4S. The standard InChI is InChI=1S/C14H17BrO4S/c15-10-4-7-12(8-5-10)20(16,17)19-14-3-1-2-11-6-9-13(14)18-11/h4-5,7-8,11,13-14H,1-3,6,9H2/t11-,13-,14+/m1/s1. The Morgan fingerprint density at radius 2 is 1.85 bits per heavy atom. The smallest absolute Gasteiger partial charge is 0.297 e. The molecule has 0 aliphatic carbocycles. The largest absolute Gasteiger partial charge is 0.372 e. The van der Waals surface area contributed by atoms with Gasteiger partial charge in [-0.2, -0.15) is 8.42 Å². The Labute approximate surface area is 127 Å². The molecule has 20 heavy (non-hydrogen) atoms. The van der Waals surface area contributed by atoms with Gasteiger partial charge in [0.1, 0.15) is 6.10 Å². The van der Waals surface area contributed by atoms with Crippen LogP contribution in [-0.2, 0) is 19.0 Å². The van der Waals surface area contributed by atoms with Gasteiger partial charge in [-0.1, -0.05) is 15.9 Å². The lowest BCUT2D eigenvalue weighted by atomic mass is 9.99. The minimum atomic E-state index is -3.72. The summed E-state index contributed by atoms with van der Waals surface area (Å²) in [7, 11) is -3.72. The summed E-state index contributed by atoms with van der Waals surface area (Å²) in [5.74, 6) is 0. The Morgan fingerprint density at radius 3 is 2.60 bits per heavy atom. The Kier molecular flexibility index (Phi) is 4.17. The van der Waals surface area contributed by atoms with Crippen LogP contribution in [0, 0.1) is 0 Å². The van der Waals surface area contributed by atoms with Crippen LogP contribution in [0.25, 0.3) is 0 Å². The van der Waals surface area contributed by atoms with E-state index >= 15 is 0 Å². The van der Waals surface area contributed by atoms with Crippen LogP contribution in [0.4, 0.5) is 0 Å². The van der Waals surface area contributed by atoms with Crippen LogP contribution in [-0.4, -0.2) is 26.7 Å². The maximum atomic E-state index is 12.3. The summed E-state index contributed by atoms with van der Waals surface area (Å²) in [6.07, 6.45) is 4.49. The van der Waals surface area contributed by atoms with Gasteiger partial charge in [0.15, 0.2) is 0 Å². The van der Waals surface area contributed by atoms with E-state index in [0.717, 1.165) is 36.6 Å². The summed E-state index contributed by atoms with van der Waals surface area (Å²) in [4.78, 5) is 0.194. The fourth-order valence-corrected chi connectivity index (χ4v) is 4.27. The molecule has 2 aliphatic rings. The van der Waals surface area contributed by atoms with Crippen LogP contribution < -0.4 is 0 Å². The Bertz CT molecular complexity index is 569. The zero-order chi connectivity index (χ0) is 14.2. The number of rotatable bonds is 3. The maximum absolute atomic E-state index is 12.3. The predicted molar refractivity (Wildman–Crippen MR) is 77.9 cm³/mol. The molecule has 6 heteroatoms. The van der Waals surface area contributed by atoms with Crippen LogP contribution in [0.2, 0.25) is 0 Å². The van der Waals surface area contributed by atoms with Gasteiger partial charge in [-0.3, -0.25) is 4.18 Å². The lowest BCUT2D eigenvalue weighted by Gasteiger charge is -2.21. The summed E-state index contributed by atoms with van der Waals surface area (Å²) >= 11 is 3.29. The highest BCUT2D eigenvalue weighted by molar-refractivity contribution is 9.10. The van der Waals surface area contributed by atoms with Crippen molar-refractivity contribution < 1.29 is 17.3 Å². The van der Waals surface area contributed by atoms with Crippen molar-refractivity contribution in [3.8, 4) is 0 Å². The van der Waals surface area contributed by atoms with Crippen molar-refractivity contribution in [3.63, 3.8) is 0 Å². The fourth-order valence-electron chi connectivity index (χ4n) is 2.88. The first-order valence-corrected chi connectivity index (χ1v) is 9.09. The molecule has 2 saturated heterocycles. The Balaban J connectivity index is 1.77. The molecule has 3 rings (SSSR count). The van der Waals surface area contributed by atoms with Crippen LogP contribution in [0.15, 0.2) is 33.6 Å². The number of hydrogen-bond acceptors (Lipinski definition) is 4. The second-order valence-electron chi connectivity index (χ2n) is 5.35. The average molecular weight is 361 g/mol. The van der Waals surface area contributed by atoms with Crippen LogP contribution >= 0.6 is 15.9 Å². The molecular weight excluding hydrogens is 344 g/mol. The molecule has 2 heterocycles.